The number of oxazole rings is 1. The molecule has 4 saturated carbocycles. The zero-order chi connectivity index (χ0) is 32.4. The summed E-state index contributed by atoms with van der Waals surface area (Å²) in [6, 6.07) is 42.6. The molecule has 0 atom stereocenters. The van der Waals surface area contributed by atoms with Crippen LogP contribution in [0.5, 0.6) is 0 Å². The predicted molar refractivity (Wildman–Crippen MR) is 194 cm³/mol. The van der Waals surface area contributed by atoms with E-state index in [4.69, 9.17) is 19.4 Å². The summed E-state index contributed by atoms with van der Waals surface area (Å²) in [4.78, 5) is 19.5. The minimum Gasteiger partial charge on any atom is -0.443 e. The Bertz CT molecular complexity index is 2250. The summed E-state index contributed by atoms with van der Waals surface area (Å²) in [6.07, 6.45) is 9.98. The first-order chi connectivity index (χ1) is 24.2. The molecule has 2 heterocycles. The molecule has 0 N–H and O–H groups in total. The summed E-state index contributed by atoms with van der Waals surface area (Å²) in [5.74, 6) is 4.86. The molecule has 4 bridgehead atoms. The summed E-state index contributed by atoms with van der Waals surface area (Å²) >= 11 is 0. The third-order valence-electron chi connectivity index (χ3n) is 11.5. The van der Waals surface area contributed by atoms with Gasteiger partial charge in [-0.25, -0.2) is 19.9 Å². The van der Waals surface area contributed by atoms with Crippen molar-refractivity contribution in [3.8, 4) is 56.4 Å². The minimum atomic E-state index is 0.375. The molecule has 0 saturated heterocycles. The van der Waals surface area contributed by atoms with Crippen molar-refractivity contribution in [2.45, 2.75) is 43.9 Å². The fourth-order valence-corrected chi connectivity index (χ4v) is 9.56. The number of rotatable bonds is 6. The first-order valence-corrected chi connectivity index (χ1v) is 17.6. The Morgan fingerprint density at radius 1 is 0.469 bits per heavy atom. The van der Waals surface area contributed by atoms with Gasteiger partial charge in [-0.15, -0.1) is 0 Å². The van der Waals surface area contributed by atoms with Gasteiger partial charge in [0.05, 0.1) is 0 Å². The van der Waals surface area contributed by atoms with Crippen LogP contribution in [0.15, 0.2) is 132 Å². The van der Waals surface area contributed by atoms with Gasteiger partial charge < -0.3 is 4.42 Å². The Kier molecular flexibility index (Phi) is 6.61. The summed E-state index contributed by atoms with van der Waals surface area (Å²) in [7, 11) is 0. The van der Waals surface area contributed by atoms with Crippen LogP contribution in [0.25, 0.3) is 67.5 Å². The van der Waals surface area contributed by atoms with Crippen LogP contribution in [-0.4, -0.2) is 19.9 Å². The van der Waals surface area contributed by atoms with Crippen molar-refractivity contribution in [1.29, 1.82) is 0 Å². The van der Waals surface area contributed by atoms with Crippen molar-refractivity contribution in [2.75, 3.05) is 0 Å². The largest absolute Gasteiger partial charge is 0.443 e. The van der Waals surface area contributed by atoms with E-state index in [0.29, 0.717) is 22.9 Å². The molecule has 5 aromatic carbocycles. The molecule has 7 aromatic rings. The van der Waals surface area contributed by atoms with Gasteiger partial charge in [0.2, 0.25) is 0 Å². The lowest BCUT2D eigenvalue weighted by atomic mass is 9.48. The van der Waals surface area contributed by atoms with Crippen molar-refractivity contribution in [3.63, 3.8) is 0 Å². The Hall–Kier alpha value is -5.42. The zero-order valence-corrected chi connectivity index (χ0v) is 27.3. The second-order valence-corrected chi connectivity index (χ2v) is 14.6. The standard InChI is InChI=1S/C44H36N4O/c1-2-5-34(6-3-1)41-46-42(48-43(47-41)36-17-19-37(20-18-36)44-24-28-21-29(25-44)23-30(22-28)26-44)35-15-11-32(12-16-35)31-9-13-33(14-10-31)38-7-4-8-39-40(38)45-27-49-39/h1-20,27-30H,21-26H2. The molecule has 238 valence electrons. The molecule has 4 aliphatic carbocycles. The van der Waals surface area contributed by atoms with Crippen LogP contribution in [0.3, 0.4) is 0 Å². The molecular formula is C44H36N4O. The van der Waals surface area contributed by atoms with Gasteiger partial charge >= 0.3 is 0 Å². The predicted octanol–water partition coefficient (Wildman–Crippen LogP) is 10.8. The van der Waals surface area contributed by atoms with Crippen LogP contribution in [-0.2, 0) is 5.41 Å². The van der Waals surface area contributed by atoms with Crippen molar-refractivity contribution >= 4 is 11.1 Å². The molecule has 0 aliphatic heterocycles. The topological polar surface area (TPSA) is 64.7 Å². The lowest BCUT2D eigenvalue weighted by Crippen LogP contribution is -2.48. The van der Waals surface area contributed by atoms with Crippen LogP contribution in [0.1, 0.15) is 44.1 Å². The van der Waals surface area contributed by atoms with Gasteiger partial charge in [-0.1, -0.05) is 115 Å². The first-order valence-electron chi connectivity index (χ1n) is 17.6. The monoisotopic (exact) mass is 636 g/mol. The third kappa shape index (κ3) is 5.07. The highest BCUT2D eigenvalue weighted by molar-refractivity contribution is 5.91. The molecule has 5 nitrogen and oxygen atoms in total. The Morgan fingerprint density at radius 3 is 1.53 bits per heavy atom. The second-order valence-electron chi connectivity index (χ2n) is 14.6. The van der Waals surface area contributed by atoms with E-state index in [9.17, 15) is 0 Å². The molecule has 0 unspecified atom stereocenters. The van der Waals surface area contributed by atoms with Gasteiger partial charge in [-0.2, -0.15) is 0 Å². The van der Waals surface area contributed by atoms with Gasteiger partial charge in [0, 0.05) is 22.3 Å². The minimum absolute atomic E-state index is 0.375. The quantitative estimate of drug-likeness (QED) is 0.182. The maximum Gasteiger partial charge on any atom is 0.182 e. The zero-order valence-electron chi connectivity index (χ0n) is 27.3. The maximum atomic E-state index is 5.51. The average molecular weight is 637 g/mol. The molecule has 4 fully saturated rings. The van der Waals surface area contributed by atoms with Gasteiger partial charge in [-0.3, -0.25) is 0 Å². The summed E-state index contributed by atoms with van der Waals surface area (Å²) in [6.45, 7) is 0. The van der Waals surface area contributed by atoms with Crippen LogP contribution in [0.2, 0.25) is 0 Å². The number of para-hydroxylation sites is 1. The first kappa shape index (κ1) is 28.6. The van der Waals surface area contributed by atoms with Crippen LogP contribution in [0.4, 0.5) is 0 Å². The highest BCUT2D eigenvalue weighted by Crippen LogP contribution is 2.60. The number of hydrogen-bond donors (Lipinski definition) is 0. The summed E-state index contributed by atoms with van der Waals surface area (Å²) in [5, 5.41) is 0. The van der Waals surface area contributed by atoms with Gasteiger partial charge in [0.1, 0.15) is 5.52 Å². The van der Waals surface area contributed by atoms with Crippen LogP contribution >= 0.6 is 0 Å². The van der Waals surface area contributed by atoms with Crippen molar-refractivity contribution < 1.29 is 4.42 Å². The number of fused-ring (bicyclic) bond motifs is 1. The van der Waals surface area contributed by atoms with E-state index in [0.717, 1.165) is 67.8 Å². The van der Waals surface area contributed by atoms with E-state index in [1.165, 1.54) is 50.5 Å². The molecular weight excluding hydrogens is 601 g/mol. The summed E-state index contributed by atoms with van der Waals surface area (Å²) in [5.41, 5.74) is 11.0. The van der Waals surface area contributed by atoms with Gasteiger partial charge in [0.25, 0.3) is 0 Å². The highest BCUT2D eigenvalue weighted by Gasteiger charge is 2.51. The van der Waals surface area contributed by atoms with E-state index >= 15 is 0 Å². The molecule has 0 amide bonds. The highest BCUT2D eigenvalue weighted by atomic mass is 16.3. The third-order valence-corrected chi connectivity index (χ3v) is 11.5. The number of aromatic nitrogens is 4. The maximum absolute atomic E-state index is 5.51. The van der Waals surface area contributed by atoms with Crippen LogP contribution in [0, 0.1) is 17.8 Å². The number of hydrogen-bond acceptors (Lipinski definition) is 5. The lowest BCUT2D eigenvalue weighted by molar-refractivity contribution is -0.00518. The second kappa shape index (κ2) is 11.3. The molecule has 2 aromatic heterocycles. The normalized spacial score (nSPS) is 22.5. The van der Waals surface area contributed by atoms with E-state index in [2.05, 4.69) is 96.0 Å². The van der Waals surface area contributed by atoms with E-state index in [1.807, 2.05) is 30.3 Å². The van der Waals surface area contributed by atoms with Gasteiger partial charge in [0.15, 0.2) is 29.4 Å². The fraction of sp³-hybridized carbons (Fsp3) is 0.227. The Morgan fingerprint density at radius 2 is 0.959 bits per heavy atom. The molecule has 4 aliphatic rings. The smallest absolute Gasteiger partial charge is 0.182 e. The van der Waals surface area contributed by atoms with Crippen molar-refractivity contribution in [3.05, 3.63) is 133 Å². The SMILES string of the molecule is c1ccc(-c2nc(-c3ccc(-c4ccc(-c5cccc6ocnc56)cc4)cc3)nc(-c3ccc(C45CC6CC(CC(C6)C4)C5)cc3)n2)cc1. The number of nitrogens with zero attached hydrogens (tertiary/aromatic N) is 4. The molecule has 0 spiro atoms. The Labute approximate surface area is 286 Å². The van der Waals surface area contributed by atoms with E-state index < -0.39 is 0 Å². The summed E-state index contributed by atoms with van der Waals surface area (Å²) < 4.78 is 5.51. The Balaban J connectivity index is 0.963. The van der Waals surface area contributed by atoms with Gasteiger partial charge in [-0.05, 0) is 90.0 Å². The van der Waals surface area contributed by atoms with Crippen LogP contribution < -0.4 is 0 Å². The number of benzene rings is 5. The molecule has 49 heavy (non-hydrogen) atoms. The molecule has 11 rings (SSSR count). The fourth-order valence-electron chi connectivity index (χ4n) is 9.56. The molecule has 0 radical (unpaired) electrons. The van der Waals surface area contributed by atoms with E-state index in [1.54, 1.807) is 0 Å². The van der Waals surface area contributed by atoms with Crippen molar-refractivity contribution in [2.24, 2.45) is 17.8 Å². The van der Waals surface area contributed by atoms with Crippen molar-refractivity contribution in [1.82, 2.24) is 19.9 Å². The average Bonchev–Trinajstić information content (AvgIpc) is 3.64. The lowest BCUT2D eigenvalue weighted by Gasteiger charge is -2.57. The molecule has 5 heteroatoms. The van der Waals surface area contributed by atoms with E-state index in [-0.39, 0.29) is 0 Å².